The fourth-order valence-corrected chi connectivity index (χ4v) is 2.21. The number of hydrogen-bond acceptors (Lipinski definition) is 0. The molecule has 0 spiro atoms. The smallest absolute Gasteiger partial charge is 0.0325 e. The third kappa shape index (κ3) is 13.5. The van der Waals surface area contributed by atoms with Gasteiger partial charge in [0.1, 0.15) is 0 Å². The number of unbranched alkanes of at least 4 members (excludes halogenated alkanes) is 7. The molecule has 0 aromatic heterocycles. The molecule has 1 unspecified atom stereocenters. The SMILES string of the molecule is C=CCCCCC=CCC(C)CCCCCCC. The maximum absolute atomic E-state index is 3.75. The van der Waals surface area contributed by atoms with Crippen LogP contribution in [0.5, 0.6) is 0 Å². The summed E-state index contributed by atoms with van der Waals surface area (Å²) in [6.45, 7) is 8.42. The van der Waals surface area contributed by atoms with Gasteiger partial charge in [-0.05, 0) is 38.0 Å². The van der Waals surface area contributed by atoms with E-state index in [0.717, 1.165) is 5.92 Å². The van der Waals surface area contributed by atoms with Crippen molar-refractivity contribution in [2.75, 3.05) is 0 Å². The lowest BCUT2D eigenvalue weighted by Crippen LogP contribution is -1.92. The summed E-state index contributed by atoms with van der Waals surface area (Å²) in [6.07, 6.45) is 21.5. The van der Waals surface area contributed by atoms with Gasteiger partial charge >= 0.3 is 0 Å². The van der Waals surface area contributed by atoms with E-state index < -0.39 is 0 Å². The molecule has 0 aromatic carbocycles. The Morgan fingerprint density at radius 1 is 0.889 bits per heavy atom. The minimum atomic E-state index is 0.871. The normalized spacial score (nSPS) is 13.0. The molecule has 0 nitrogen and oxygen atoms in total. The lowest BCUT2D eigenvalue weighted by molar-refractivity contribution is 0.489. The lowest BCUT2D eigenvalue weighted by Gasteiger charge is -2.08. The van der Waals surface area contributed by atoms with Gasteiger partial charge in [-0.15, -0.1) is 6.58 Å². The second-order valence-corrected chi connectivity index (χ2v) is 5.59. The molecule has 0 amide bonds. The molecule has 0 aromatic rings. The minimum Gasteiger partial charge on any atom is -0.103 e. The van der Waals surface area contributed by atoms with E-state index in [-0.39, 0.29) is 0 Å². The topological polar surface area (TPSA) is 0 Å². The molecule has 0 radical (unpaired) electrons. The van der Waals surface area contributed by atoms with Crippen molar-refractivity contribution in [3.05, 3.63) is 24.8 Å². The van der Waals surface area contributed by atoms with Crippen LogP contribution in [0.3, 0.4) is 0 Å². The van der Waals surface area contributed by atoms with Crippen LogP contribution in [-0.2, 0) is 0 Å². The van der Waals surface area contributed by atoms with E-state index in [9.17, 15) is 0 Å². The zero-order valence-electron chi connectivity index (χ0n) is 12.8. The highest BCUT2D eigenvalue weighted by molar-refractivity contribution is 4.83. The van der Waals surface area contributed by atoms with Crippen molar-refractivity contribution >= 4 is 0 Å². The van der Waals surface area contributed by atoms with E-state index in [1.54, 1.807) is 0 Å². The van der Waals surface area contributed by atoms with Crippen LogP contribution < -0.4 is 0 Å². The molecular formula is C18H34. The Balaban J connectivity index is 3.26. The zero-order chi connectivity index (χ0) is 13.5. The van der Waals surface area contributed by atoms with Crippen LogP contribution in [-0.4, -0.2) is 0 Å². The fraction of sp³-hybridized carbons (Fsp3) is 0.778. The zero-order valence-corrected chi connectivity index (χ0v) is 12.8. The molecule has 0 aliphatic heterocycles. The van der Waals surface area contributed by atoms with Crippen molar-refractivity contribution in [2.24, 2.45) is 5.92 Å². The van der Waals surface area contributed by atoms with Gasteiger partial charge in [-0.3, -0.25) is 0 Å². The van der Waals surface area contributed by atoms with Gasteiger partial charge in [-0.2, -0.15) is 0 Å². The Kier molecular flexibility index (Phi) is 14.1. The number of allylic oxidation sites excluding steroid dienone is 3. The lowest BCUT2D eigenvalue weighted by atomic mass is 9.99. The molecule has 0 saturated heterocycles. The van der Waals surface area contributed by atoms with Gasteiger partial charge < -0.3 is 0 Å². The molecule has 0 heteroatoms. The summed E-state index contributed by atoms with van der Waals surface area (Å²) in [5.74, 6) is 0.871. The van der Waals surface area contributed by atoms with E-state index in [1.165, 1.54) is 70.6 Å². The second kappa shape index (κ2) is 14.5. The van der Waals surface area contributed by atoms with Crippen LogP contribution >= 0.6 is 0 Å². The highest BCUT2D eigenvalue weighted by Gasteiger charge is 1.99. The van der Waals surface area contributed by atoms with E-state index in [2.05, 4.69) is 32.6 Å². The van der Waals surface area contributed by atoms with Crippen LogP contribution in [0.25, 0.3) is 0 Å². The monoisotopic (exact) mass is 250 g/mol. The van der Waals surface area contributed by atoms with Crippen LogP contribution in [0.4, 0.5) is 0 Å². The molecule has 1 atom stereocenters. The first kappa shape index (κ1) is 17.5. The first-order valence-electron chi connectivity index (χ1n) is 8.07. The number of rotatable bonds is 13. The fourth-order valence-electron chi connectivity index (χ4n) is 2.21. The Hall–Kier alpha value is -0.520. The third-order valence-corrected chi connectivity index (χ3v) is 3.53. The Morgan fingerprint density at radius 3 is 2.33 bits per heavy atom. The second-order valence-electron chi connectivity index (χ2n) is 5.59. The van der Waals surface area contributed by atoms with Gasteiger partial charge in [0.2, 0.25) is 0 Å². The molecule has 0 saturated carbocycles. The van der Waals surface area contributed by atoms with Gasteiger partial charge in [0.15, 0.2) is 0 Å². The molecule has 0 bridgehead atoms. The first-order valence-corrected chi connectivity index (χ1v) is 8.07. The maximum Gasteiger partial charge on any atom is -0.0325 e. The van der Waals surface area contributed by atoms with Crippen LogP contribution in [0.15, 0.2) is 24.8 Å². The minimum absolute atomic E-state index is 0.871. The molecule has 0 aliphatic rings. The standard InChI is InChI=1S/C18H34/c1-4-6-8-10-11-13-15-17-18(3)16-14-12-9-7-5-2/h4,13,15,18H,1,5-12,14,16-17H2,2-3H3. The van der Waals surface area contributed by atoms with Crippen molar-refractivity contribution in [2.45, 2.75) is 84.5 Å². The van der Waals surface area contributed by atoms with Gasteiger partial charge in [-0.25, -0.2) is 0 Å². The summed E-state index contributed by atoms with van der Waals surface area (Å²) >= 11 is 0. The average Bonchev–Trinajstić information content (AvgIpc) is 2.37. The van der Waals surface area contributed by atoms with Crippen LogP contribution in [0.1, 0.15) is 84.5 Å². The quantitative estimate of drug-likeness (QED) is 0.253. The van der Waals surface area contributed by atoms with Gasteiger partial charge in [-0.1, -0.05) is 70.6 Å². The van der Waals surface area contributed by atoms with Crippen molar-refractivity contribution in [3.63, 3.8) is 0 Å². The largest absolute Gasteiger partial charge is 0.103 e. The van der Waals surface area contributed by atoms with Gasteiger partial charge in [0.25, 0.3) is 0 Å². The Labute approximate surface area is 116 Å². The summed E-state index contributed by atoms with van der Waals surface area (Å²) in [5.41, 5.74) is 0. The molecule has 0 N–H and O–H groups in total. The van der Waals surface area contributed by atoms with Crippen molar-refractivity contribution < 1.29 is 0 Å². The summed E-state index contributed by atoms with van der Waals surface area (Å²) < 4.78 is 0. The van der Waals surface area contributed by atoms with Crippen molar-refractivity contribution in [1.82, 2.24) is 0 Å². The predicted octanol–water partition coefficient (Wildman–Crippen LogP) is 6.68. The molecule has 18 heavy (non-hydrogen) atoms. The molecular weight excluding hydrogens is 216 g/mol. The summed E-state index contributed by atoms with van der Waals surface area (Å²) in [4.78, 5) is 0. The average molecular weight is 250 g/mol. The molecule has 0 aliphatic carbocycles. The van der Waals surface area contributed by atoms with E-state index >= 15 is 0 Å². The van der Waals surface area contributed by atoms with Gasteiger partial charge in [0.05, 0.1) is 0 Å². The van der Waals surface area contributed by atoms with Crippen LogP contribution in [0.2, 0.25) is 0 Å². The summed E-state index contributed by atoms with van der Waals surface area (Å²) in [5, 5.41) is 0. The van der Waals surface area contributed by atoms with Crippen molar-refractivity contribution in [3.8, 4) is 0 Å². The highest BCUT2D eigenvalue weighted by Crippen LogP contribution is 2.15. The van der Waals surface area contributed by atoms with E-state index in [0.29, 0.717) is 0 Å². The van der Waals surface area contributed by atoms with Crippen LogP contribution in [0, 0.1) is 5.92 Å². The summed E-state index contributed by atoms with van der Waals surface area (Å²) in [6, 6.07) is 0. The van der Waals surface area contributed by atoms with E-state index in [4.69, 9.17) is 0 Å². The summed E-state index contributed by atoms with van der Waals surface area (Å²) in [7, 11) is 0. The Morgan fingerprint density at radius 2 is 1.61 bits per heavy atom. The predicted molar refractivity (Wildman–Crippen MR) is 85.0 cm³/mol. The highest BCUT2D eigenvalue weighted by atomic mass is 14.0. The Bertz CT molecular complexity index is 190. The van der Waals surface area contributed by atoms with Gasteiger partial charge in [0, 0.05) is 0 Å². The van der Waals surface area contributed by atoms with Crippen molar-refractivity contribution in [1.29, 1.82) is 0 Å². The molecule has 0 heterocycles. The molecule has 106 valence electrons. The number of hydrogen-bond donors (Lipinski definition) is 0. The third-order valence-electron chi connectivity index (χ3n) is 3.53. The first-order chi connectivity index (χ1) is 8.81. The maximum atomic E-state index is 3.75. The molecule has 0 rings (SSSR count). The van der Waals surface area contributed by atoms with E-state index in [1.807, 2.05) is 6.08 Å². The molecule has 0 fully saturated rings.